The third-order valence-corrected chi connectivity index (χ3v) is 5.56. The van der Waals surface area contributed by atoms with Crippen molar-refractivity contribution in [2.75, 3.05) is 19.1 Å². The summed E-state index contributed by atoms with van der Waals surface area (Å²) in [6, 6.07) is 0. The highest BCUT2D eigenvalue weighted by Gasteiger charge is 2.31. The van der Waals surface area contributed by atoms with Crippen molar-refractivity contribution in [2.45, 2.75) is 76.3 Å². The van der Waals surface area contributed by atoms with Crippen LogP contribution in [0, 0.1) is 0 Å². The largest absolute Gasteiger partial charge is 0.438 e. The van der Waals surface area contributed by atoms with Crippen LogP contribution in [0.2, 0.25) is 0 Å². The number of imidazole rings is 1. The van der Waals surface area contributed by atoms with Gasteiger partial charge in [-0.2, -0.15) is 0 Å². The zero-order chi connectivity index (χ0) is 23.0. The van der Waals surface area contributed by atoms with E-state index in [0.29, 0.717) is 29.8 Å². The van der Waals surface area contributed by atoms with Crippen molar-refractivity contribution < 1.29 is 28.8 Å². The lowest BCUT2D eigenvalue weighted by Crippen LogP contribution is -2.33. The molecule has 3 rings (SSSR count). The number of carbonyl (C=O) groups is 1. The van der Waals surface area contributed by atoms with E-state index in [1.165, 1.54) is 12.7 Å². The lowest BCUT2D eigenvalue weighted by molar-refractivity contribution is -0.322. The maximum Gasteiger partial charge on any atom is 0.307 e. The monoisotopic (exact) mass is 469 g/mol. The fraction of sp³-hybridized carbons (Fsp3) is 0.700. The first-order chi connectivity index (χ1) is 15.4. The molecule has 3 heterocycles. The van der Waals surface area contributed by atoms with Crippen LogP contribution in [0.1, 0.15) is 64.5 Å². The molecule has 178 valence electrons. The molecule has 32 heavy (non-hydrogen) atoms. The SMILES string of the molecule is CCCCCCCC(=O)OCOC(O)(P)OC[C@@H]1CCC(n2cnc3c(N)ncnc32)O1. The van der Waals surface area contributed by atoms with E-state index < -0.39 is 12.5 Å². The number of rotatable bonds is 13. The number of carbonyl (C=O) groups excluding carboxylic acids is 1. The van der Waals surface area contributed by atoms with E-state index in [9.17, 15) is 9.90 Å². The number of anilines is 1. The van der Waals surface area contributed by atoms with Gasteiger partial charge in [0.05, 0.1) is 19.0 Å². The summed E-state index contributed by atoms with van der Waals surface area (Å²) in [6.45, 7) is 1.83. The average Bonchev–Trinajstić information content (AvgIpc) is 3.39. The smallest absolute Gasteiger partial charge is 0.307 e. The Morgan fingerprint density at radius 3 is 2.91 bits per heavy atom. The molecule has 1 fully saturated rings. The van der Waals surface area contributed by atoms with Gasteiger partial charge in [0.1, 0.15) is 18.1 Å². The standard InChI is InChI=1S/C20H32N5O6P/c1-2-3-4-5-6-7-16(26)28-13-30-20(27,32)29-10-14-8-9-15(31-14)25-12-24-17-18(21)22-11-23-19(17)25/h11-12,14-15,27H,2-10,13,32H2,1H3,(H2,21,22,23)/t14-,15?,20?/m0/s1. The Balaban J connectivity index is 1.36. The molecule has 11 nitrogen and oxygen atoms in total. The van der Waals surface area contributed by atoms with Crippen molar-refractivity contribution in [3.63, 3.8) is 0 Å². The molecular formula is C20H32N5O6P. The van der Waals surface area contributed by atoms with Gasteiger partial charge in [0.25, 0.3) is 5.71 Å². The Morgan fingerprint density at radius 2 is 2.09 bits per heavy atom. The number of esters is 1. The van der Waals surface area contributed by atoms with Gasteiger partial charge in [0, 0.05) is 6.42 Å². The molecule has 0 bridgehead atoms. The van der Waals surface area contributed by atoms with Crippen molar-refractivity contribution in [3.8, 4) is 0 Å². The summed E-state index contributed by atoms with van der Waals surface area (Å²) in [4.78, 5) is 24.1. The number of fused-ring (bicyclic) bond motifs is 1. The fourth-order valence-corrected chi connectivity index (χ4v) is 3.64. The van der Waals surface area contributed by atoms with Gasteiger partial charge >= 0.3 is 5.97 Å². The minimum atomic E-state index is -1.98. The fourth-order valence-electron chi connectivity index (χ4n) is 3.47. The summed E-state index contributed by atoms with van der Waals surface area (Å²) in [6.07, 6.45) is 9.44. The van der Waals surface area contributed by atoms with Crippen molar-refractivity contribution in [2.24, 2.45) is 0 Å². The topological polar surface area (TPSA) is 144 Å². The Hall–Kier alpha value is -1.91. The average molecular weight is 469 g/mol. The number of ether oxygens (including phenoxy) is 4. The summed E-state index contributed by atoms with van der Waals surface area (Å²) < 4.78 is 23.3. The van der Waals surface area contributed by atoms with Crippen molar-refractivity contribution in [3.05, 3.63) is 12.7 Å². The zero-order valence-corrected chi connectivity index (χ0v) is 19.5. The molecule has 0 spiro atoms. The van der Waals surface area contributed by atoms with Crippen LogP contribution in [-0.4, -0.2) is 55.8 Å². The lowest BCUT2D eigenvalue weighted by Gasteiger charge is -2.25. The molecule has 1 aliphatic heterocycles. The number of hydrogen-bond donors (Lipinski definition) is 2. The van der Waals surface area contributed by atoms with Crippen LogP contribution in [0.3, 0.4) is 0 Å². The highest BCUT2D eigenvalue weighted by molar-refractivity contribution is 7.17. The second kappa shape index (κ2) is 11.8. The number of hydrogen-bond acceptors (Lipinski definition) is 10. The van der Waals surface area contributed by atoms with Crippen LogP contribution in [-0.2, 0) is 23.7 Å². The molecule has 0 aromatic carbocycles. The highest BCUT2D eigenvalue weighted by atomic mass is 31.0. The lowest BCUT2D eigenvalue weighted by atomic mass is 10.1. The van der Waals surface area contributed by atoms with E-state index in [1.807, 2.05) is 0 Å². The van der Waals surface area contributed by atoms with E-state index in [1.54, 1.807) is 10.9 Å². The van der Waals surface area contributed by atoms with Crippen molar-refractivity contribution in [1.29, 1.82) is 0 Å². The molecule has 4 atom stereocenters. The molecule has 3 unspecified atom stereocenters. The molecule has 12 heteroatoms. The number of nitrogens with zero attached hydrogens (tertiary/aromatic N) is 4. The summed E-state index contributed by atoms with van der Waals surface area (Å²) >= 11 is 0. The molecule has 0 aliphatic carbocycles. The Morgan fingerprint density at radius 1 is 1.28 bits per heavy atom. The summed E-state index contributed by atoms with van der Waals surface area (Å²) in [5.41, 5.74) is 4.97. The van der Waals surface area contributed by atoms with Crippen LogP contribution in [0.4, 0.5) is 5.82 Å². The molecule has 2 aromatic rings. The molecule has 1 aliphatic rings. The van der Waals surface area contributed by atoms with Crippen molar-refractivity contribution >= 4 is 32.2 Å². The van der Waals surface area contributed by atoms with Gasteiger partial charge in [0.2, 0.25) is 0 Å². The quantitative estimate of drug-likeness (QED) is 0.194. The summed E-state index contributed by atoms with van der Waals surface area (Å²) in [5.74, 6) is -0.0460. The number of nitrogen functional groups attached to an aromatic ring is 1. The predicted octanol–water partition coefficient (Wildman–Crippen LogP) is 2.46. The van der Waals surface area contributed by atoms with Gasteiger partial charge in [0.15, 0.2) is 18.3 Å². The number of unbranched alkanes of at least 4 members (excludes halogenated alkanes) is 4. The molecule has 3 N–H and O–H groups in total. The van der Waals surface area contributed by atoms with Gasteiger partial charge in [-0.1, -0.05) is 32.6 Å². The predicted molar refractivity (Wildman–Crippen MR) is 119 cm³/mol. The third-order valence-electron chi connectivity index (χ3n) is 5.23. The zero-order valence-electron chi connectivity index (χ0n) is 18.3. The van der Waals surface area contributed by atoms with Crippen LogP contribution in [0.15, 0.2) is 12.7 Å². The van der Waals surface area contributed by atoms with E-state index >= 15 is 0 Å². The van der Waals surface area contributed by atoms with E-state index in [-0.39, 0.29) is 24.9 Å². The van der Waals surface area contributed by atoms with E-state index in [2.05, 4.69) is 31.1 Å². The number of aliphatic hydroxyl groups is 1. The first kappa shape index (κ1) is 24.7. The van der Waals surface area contributed by atoms with Gasteiger partial charge in [-0.05, 0) is 28.5 Å². The van der Waals surface area contributed by atoms with Crippen LogP contribution >= 0.6 is 9.24 Å². The summed E-state index contributed by atoms with van der Waals surface area (Å²) in [7, 11) is 2.05. The molecule has 2 aromatic heterocycles. The van der Waals surface area contributed by atoms with Crippen LogP contribution < -0.4 is 5.73 Å². The molecule has 0 radical (unpaired) electrons. The van der Waals surface area contributed by atoms with Gasteiger partial charge in [-0.25, -0.2) is 15.0 Å². The van der Waals surface area contributed by atoms with Gasteiger partial charge < -0.3 is 25.1 Å². The minimum absolute atomic E-state index is 0.0889. The molecule has 1 saturated heterocycles. The van der Waals surface area contributed by atoms with Gasteiger partial charge in [-0.3, -0.25) is 14.1 Å². The second-order valence-corrected chi connectivity index (χ2v) is 8.49. The Labute approximate surface area is 189 Å². The maximum absolute atomic E-state index is 11.7. The van der Waals surface area contributed by atoms with E-state index in [0.717, 1.165) is 32.1 Å². The highest BCUT2D eigenvalue weighted by Crippen LogP contribution is 2.32. The van der Waals surface area contributed by atoms with Crippen LogP contribution in [0.5, 0.6) is 0 Å². The Kier molecular flexibility index (Phi) is 9.12. The second-order valence-electron chi connectivity index (χ2n) is 7.76. The molecule has 0 amide bonds. The number of aromatic nitrogens is 4. The molecular weight excluding hydrogens is 437 g/mol. The van der Waals surface area contributed by atoms with E-state index in [4.69, 9.17) is 24.7 Å². The number of nitrogens with two attached hydrogens (primary N) is 1. The summed E-state index contributed by atoms with van der Waals surface area (Å²) in [5, 5.41) is 10.2. The minimum Gasteiger partial charge on any atom is -0.438 e. The first-order valence-corrected chi connectivity index (χ1v) is 11.5. The van der Waals surface area contributed by atoms with Crippen molar-refractivity contribution in [1.82, 2.24) is 19.5 Å². The van der Waals surface area contributed by atoms with Crippen LogP contribution in [0.25, 0.3) is 11.2 Å². The molecule has 0 saturated carbocycles. The normalized spacial score (nSPS) is 20.5. The van der Waals surface area contributed by atoms with Gasteiger partial charge in [-0.15, -0.1) is 0 Å². The first-order valence-electron chi connectivity index (χ1n) is 10.9. The third kappa shape index (κ3) is 7.05. The Bertz CT molecular complexity index is 879. The maximum atomic E-state index is 11.7.